The molecule has 0 fully saturated rings. The van der Waals surface area contributed by atoms with Gasteiger partial charge in [-0.3, -0.25) is 24.0 Å². The molecule has 0 aliphatic carbocycles. The highest BCUT2D eigenvalue weighted by molar-refractivity contribution is 6.37. The van der Waals surface area contributed by atoms with Gasteiger partial charge in [-0.05, 0) is 30.2 Å². The third-order valence-electron chi connectivity index (χ3n) is 6.90. The highest BCUT2D eigenvalue weighted by Gasteiger charge is 2.35. The van der Waals surface area contributed by atoms with Crippen LogP contribution in [0.3, 0.4) is 0 Å². The predicted molar refractivity (Wildman–Crippen MR) is 139 cm³/mol. The molecular formula is C28H36N4O7. The van der Waals surface area contributed by atoms with Crippen molar-refractivity contribution in [2.45, 2.75) is 72.6 Å². The molecular weight excluding hydrogens is 504 g/mol. The van der Waals surface area contributed by atoms with Crippen LogP contribution >= 0.6 is 0 Å². The lowest BCUT2D eigenvalue weighted by atomic mass is 9.86. The Morgan fingerprint density at radius 3 is 2.49 bits per heavy atom. The van der Waals surface area contributed by atoms with Crippen LogP contribution in [0.25, 0.3) is 0 Å². The average Bonchev–Trinajstić information content (AvgIpc) is 3.37. The number of amides is 2. The molecule has 2 N–H and O–H groups in total. The van der Waals surface area contributed by atoms with Crippen LogP contribution in [0.5, 0.6) is 0 Å². The summed E-state index contributed by atoms with van der Waals surface area (Å²) in [5, 5.41) is 12.7. The van der Waals surface area contributed by atoms with Gasteiger partial charge < -0.3 is 19.9 Å². The van der Waals surface area contributed by atoms with E-state index >= 15 is 0 Å². The van der Waals surface area contributed by atoms with E-state index in [2.05, 4.69) is 21.0 Å². The molecule has 2 amide bonds. The first-order valence-electron chi connectivity index (χ1n) is 13.2. The van der Waals surface area contributed by atoms with E-state index in [1.54, 1.807) is 13.8 Å². The molecule has 2 aromatic rings. The third kappa shape index (κ3) is 8.30. The molecule has 3 unspecified atom stereocenters. The van der Waals surface area contributed by atoms with Gasteiger partial charge in [0.1, 0.15) is 12.3 Å². The maximum Gasteiger partial charge on any atom is 0.306 e. The Kier molecular flexibility index (Phi) is 10.5. The Balaban J connectivity index is 1.64. The minimum Gasteiger partial charge on any atom is -0.461 e. The molecule has 1 aliphatic heterocycles. The fraction of sp³-hybridized carbons (Fsp3) is 0.536. The van der Waals surface area contributed by atoms with Gasteiger partial charge in [-0.2, -0.15) is 0 Å². The number of carbonyl (C=O) groups excluding carboxylic acids is 5. The van der Waals surface area contributed by atoms with Gasteiger partial charge >= 0.3 is 5.97 Å². The fourth-order valence-corrected chi connectivity index (χ4v) is 4.48. The van der Waals surface area contributed by atoms with Crippen molar-refractivity contribution >= 4 is 29.4 Å². The van der Waals surface area contributed by atoms with E-state index in [4.69, 9.17) is 9.26 Å². The summed E-state index contributed by atoms with van der Waals surface area (Å²) >= 11 is 0. The first-order chi connectivity index (χ1) is 18.6. The number of ether oxygens (including phenoxy) is 1. The molecule has 0 bridgehead atoms. The van der Waals surface area contributed by atoms with Gasteiger partial charge in [0.2, 0.25) is 11.7 Å². The maximum atomic E-state index is 13.4. The summed E-state index contributed by atoms with van der Waals surface area (Å²) in [6.07, 6.45) is 0.169. The number of nitrogens with one attached hydrogen (secondary N) is 2. The van der Waals surface area contributed by atoms with Gasteiger partial charge in [0.05, 0.1) is 24.9 Å². The highest BCUT2D eigenvalue weighted by atomic mass is 16.5. The van der Waals surface area contributed by atoms with E-state index in [1.807, 2.05) is 44.2 Å². The average molecular weight is 541 g/mol. The smallest absolute Gasteiger partial charge is 0.306 e. The summed E-state index contributed by atoms with van der Waals surface area (Å²) in [6, 6.07) is 8.34. The Morgan fingerprint density at radius 2 is 1.82 bits per heavy atom. The second-order valence-electron chi connectivity index (χ2n) is 10.5. The molecule has 0 spiro atoms. The predicted octanol–water partition coefficient (Wildman–Crippen LogP) is 2.32. The van der Waals surface area contributed by atoms with Crippen molar-refractivity contribution in [2.24, 2.45) is 23.7 Å². The quantitative estimate of drug-likeness (QED) is 0.322. The fourth-order valence-electron chi connectivity index (χ4n) is 4.48. The van der Waals surface area contributed by atoms with Crippen molar-refractivity contribution in [3.05, 3.63) is 47.3 Å². The molecule has 0 saturated carbocycles. The molecule has 11 heteroatoms. The zero-order valence-corrected chi connectivity index (χ0v) is 22.8. The zero-order valence-electron chi connectivity index (χ0n) is 22.8. The SMILES string of the molecule is CC(C)C(CC(=O)OCc1ccccc1)C(=O)NC(C(=O)CC1CCc2nnoc2CNC(=O)C1=O)C(C)C. The Labute approximate surface area is 227 Å². The lowest BCUT2D eigenvalue weighted by Crippen LogP contribution is -2.49. The third-order valence-corrected chi connectivity index (χ3v) is 6.90. The van der Waals surface area contributed by atoms with Crippen molar-refractivity contribution in [3.63, 3.8) is 0 Å². The molecule has 210 valence electrons. The Bertz CT molecular complexity index is 1180. The number of benzene rings is 1. The maximum absolute atomic E-state index is 13.4. The normalized spacial score (nSPS) is 17.3. The van der Waals surface area contributed by atoms with Crippen LogP contribution in [0.15, 0.2) is 34.9 Å². The number of aromatic nitrogens is 2. The first-order valence-corrected chi connectivity index (χ1v) is 13.2. The van der Waals surface area contributed by atoms with E-state index < -0.39 is 41.4 Å². The van der Waals surface area contributed by atoms with Crippen molar-refractivity contribution in [1.29, 1.82) is 0 Å². The monoisotopic (exact) mass is 540 g/mol. The van der Waals surface area contributed by atoms with Crippen molar-refractivity contribution in [1.82, 2.24) is 21.0 Å². The van der Waals surface area contributed by atoms with Gasteiger partial charge in [0.25, 0.3) is 5.91 Å². The van der Waals surface area contributed by atoms with Crippen LogP contribution in [0.2, 0.25) is 0 Å². The summed E-state index contributed by atoms with van der Waals surface area (Å²) in [7, 11) is 0. The van der Waals surface area contributed by atoms with Crippen LogP contribution in [0.4, 0.5) is 0 Å². The number of rotatable bonds is 11. The molecule has 3 atom stereocenters. The Hall–Kier alpha value is -3.89. The van der Waals surface area contributed by atoms with Crippen LogP contribution in [0, 0.1) is 23.7 Å². The summed E-state index contributed by atoms with van der Waals surface area (Å²) < 4.78 is 10.4. The molecule has 1 aliphatic rings. The largest absolute Gasteiger partial charge is 0.461 e. The number of nitrogens with zero attached hydrogens (tertiary/aromatic N) is 2. The molecule has 0 radical (unpaired) electrons. The summed E-state index contributed by atoms with van der Waals surface area (Å²) in [5.74, 6) is -4.52. The highest BCUT2D eigenvalue weighted by Crippen LogP contribution is 2.22. The number of carbonyl (C=O) groups is 5. The number of hydrogen-bond donors (Lipinski definition) is 2. The zero-order chi connectivity index (χ0) is 28.5. The number of fused-ring (bicyclic) bond motifs is 1. The number of esters is 1. The van der Waals surface area contributed by atoms with Gasteiger partial charge in [0.15, 0.2) is 11.5 Å². The van der Waals surface area contributed by atoms with Crippen LogP contribution in [-0.2, 0) is 48.3 Å². The van der Waals surface area contributed by atoms with E-state index in [-0.39, 0.29) is 50.0 Å². The van der Waals surface area contributed by atoms with E-state index in [1.165, 1.54) is 0 Å². The van der Waals surface area contributed by atoms with Gasteiger partial charge in [-0.1, -0.05) is 58.0 Å². The minimum absolute atomic E-state index is 0.0113. The molecule has 1 aromatic heterocycles. The first kappa shape index (κ1) is 29.7. The standard InChI is InChI=1S/C28H36N4O7/c1-16(2)20(13-24(34)38-15-18-8-6-5-7-9-18)27(36)30-25(17(3)4)22(33)12-19-10-11-21-23(39-32-31-21)14-29-28(37)26(19)35/h5-9,16-17,19-20,25H,10-15H2,1-4H3,(H,29,37)(H,30,36). The van der Waals surface area contributed by atoms with Crippen molar-refractivity contribution in [2.75, 3.05) is 0 Å². The van der Waals surface area contributed by atoms with E-state index in [0.717, 1.165) is 5.56 Å². The Morgan fingerprint density at radius 1 is 1.10 bits per heavy atom. The van der Waals surface area contributed by atoms with Gasteiger partial charge in [-0.15, -0.1) is 5.10 Å². The summed E-state index contributed by atoms with van der Waals surface area (Å²) in [4.78, 5) is 64.3. The number of hydrogen-bond acceptors (Lipinski definition) is 9. The molecule has 2 heterocycles. The van der Waals surface area contributed by atoms with Gasteiger partial charge in [-0.25, -0.2) is 0 Å². The molecule has 0 saturated heterocycles. The van der Waals surface area contributed by atoms with E-state index in [9.17, 15) is 24.0 Å². The molecule has 1 aromatic carbocycles. The summed E-state index contributed by atoms with van der Waals surface area (Å²) in [6.45, 7) is 7.31. The van der Waals surface area contributed by atoms with Crippen LogP contribution in [-0.4, -0.2) is 45.8 Å². The lowest BCUT2D eigenvalue weighted by molar-refractivity contribution is -0.149. The topological polar surface area (TPSA) is 158 Å². The lowest BCUT2D eigenvalue weighted by Gasteiger charge is -2.27. The van der Waals surface area contributed by atoms with Crippen molar-refractivity contribution in [3.8, 4) is 0 Å². The number of Topliss-reactive ketones (excluding diaryl/α,β-unsaturated/α-hetero) is 2. The number of ketones is 2. The second kappa shape index (κ2) is 13.8. The van der Waals surface area contributed by atoms with Crippen LogP contribution in [0.1, 0.15) is 64.0 Å². The van der Waals surface area contributed by atoms with Gasteiger partial charge in [0, 0.05) is 17.6 Å². The summed E-state index contributed by atoms with van der Waals surface area (Å²) in [5.41, 5.74) is 1.36. The molecule has 11 nitrogen and oxygen atoms in total. The number of aryl methyl sites for hydroxylation is 1. The van der Waals surface area contributed by atoms with Crippen molar-refractivity contribution < 1.29 is 33.2 Å². The molecule has 39 heavy (non-hydrogen) atoms. The second-order valence-corrected chi connectivity index (χ2v) is 10.5. The minimum atomic E-state index is -0.896. The molecule has 3 rings (SSSR count). The van der Waals surface area contributed by atoms with Crippen LogP contribution < -0.4 is 10.6 Å². The van der Waals surface area contributed by atoms with E-state index in [0.29, 0.717) is 17.9 Å².